The maximum atomic E-state index is 12.5. The molecular formula is C15H10Cl4N4O2S. The lowest BCUT2D eigenvalue weighted by atomic mass is 10.2. The van der Waals surface area contributed by atoms with E-state index in [0.717, 1.165) is 11.6 Å². The molecule has 0 aliphatic rings. The van der Waals surface area contributed by atoms with Gasteiger partial charge in [0.05, 0.1) is 21.6 Å². The monoisotopic (exact) mass is 450 g/mol. The van der Waals surface area contributed by atoms with Crippen molar-refractivity contribution in [2.75, 3.05) is 4.72 Å². The number of benzene rings is 2. The van der Waals surface area contributed by atoms with Crippen molar-refractivity contribution in [2.45, 2.75) is 11.4 Å². The molecule has 0 radical (unpaired) electrons. The van der Waals surface area contributed by atoms with E-state index in [0.29, 0.717) is 11.6 Å². The molecule has 1 heterocycles. The molecule has 3 aromatic rings. The van der Waals surface area contributed by atoms with Crippen LogP contribution in [-0.4, -0.2) is 23.2 Å². The predicted molar refractivity (Wildman–Crippen MR) is 103 cm³/mol. The van der Waals surface area contributed by atoms with E-state index >= 15 is 0 Å². The molecule has 0 amide bonds. The van der Waals surface area contributed by atoms with Crippen molar-refractivity contribution in [1.82, 2.24) is 14.8 Å². The van der Waals surface area contributed by atoms with Crippen LogP contribution < -0.4 is 4.72 Å². The van der Waals surface area contributed by atoms with Gasteiger partial charge >= 0.3 is 0 Å². The van der Waals surface area contributed by atoms with Gasteiger partial charge in [-0.1, -0.05) is 64.6 Å². The summed E-state index contributed by atoms with van der Waals surface area (Å²) in [5.74, 6) is -0.112. The van der Waals surface area contributed by atoms with Gasteiger partial charge in [-0.2, -0.15) is 4.98 Å². The van der Waals surface area contributed by atoms with E-state index in [9.17, 15) is 8.42 Å². The van der Waals surface area contributed by atoms with Gasteiger partial charge in [-0.05, 0) is 23.8 Å². The summed E-state index contributed by atoms with van der Waals surface area (Å²) in [4.78, 5) is 3.71. The van der Waals surface area contributed by atoms with E-state index in [1.807, 2.05) is 18.2 Å². The third-order valence-corrected chi connectivity index (χ3v) is 6.20. The predicted octanol–water partition coefficient (Wildman–Crippen LogP) is 4.74. The molecule has 3 rings (SSSR count). The van der Waals surface area contributed by atoms with Crippen molar-refractivity contribution >= 4 is 62.4 Å². The number of anilines is 1. The molecule has 0 unspecified atom stereocenters. The van der Waals surface area contributed by atoms with Gasteiger partial charge in [-0.25, -0.2) is 17.8 Å². The molecule has 0 saturated carbocycles. The number of sulfonamides is 1. The smallest absolute Gasteiger partial charge is 0.246 e. The number of nitrogens with zero attached hydrogens (tertiary/aromatic N) is 3. The summed E-state index contributed by atoms with van der Waals surface area (Å²) in [6.07, 6.45) is 1.39. The summed E-state index contributed by atoms with van der Waals surface area (Å²) in [5, 5.41) is 4.81. The Bertz CT molecular complexity index is 1070. The third-order valence-electron chi connectivity index (χ3n) is 3.32. The molecule has 0 spiro atoms. The number of aromatic nitrogens is 3. The van der Waals surface area contributed by atoms with Gasteiger partial charge < -0.3 is 0 Å². The highest BCUT2D eigenvalue weighted by atomic mass is 35.5. The summed E-state index contributed by atoms with van der Waals surface area (Å²) in [7, 11) is -4.04. The normalized spacial score (nSPS) is 11.5. The fraction of sp³-hybridized carbons (Fsp3) is 0.0667. The second kappa shape index (κ2) is 7.62. The van der Waals surface area contributed by atoms with Gasteiger partial charge in [0.2, 0.25) is 0 Å². The molecular weight excluding hydrogens is 442 g/mol. The van der Waals surface area contributed by atoms with E-state index in [1.54, 1.807) is 6.07 Å². The van der Waals surface area contributed by atoms with Crippen LogP contribution >= 0.6 is 46.4 Å². The number of hydrogen-bond acceptors (Lipinski definition) is 4. The minimum atomic E-state index is -4.04. The molecule has 136 valence electrons. The molecule has 0 atom stereocenters. The maximum absolute atomic E-state index is 12.5. The summed E-state index contributed by atoms with van der Waals surface area (Å²) >= 11 is 23.8. The van der Waals surface area contributed by atoms with Gasteiger partial charge in [0, 0.05) is 5.02 Å². The zero-order chi connectivity index (χ0) is 18.9. The van der Waals surface area contributed by atoms with Crippen LogP contribution in [0.2, 0.25) is 20.1 Å². The topological polar surface area (TPSA) is 76.9 Å². The van der Waals surface area contributed by atoms with Crippen LogP contribution in [-0.2, 0) is 16.6 Å². The van der Waals surface area contributed by atoms with Crippen LogP contribution in [0, 0.1) is 0 Å². The largest absolute Gasteiger partial charge is 0.265 e. The van der Waals surface area contributed by atoms with Crippen molar-refractivity contribution in [3.63, 3.8) is 0 Å². The summed E-state index contributed by atoms with van der Waals surface area (Å²) < 4.78 is 28.7. The van der Waals surface area contributed by atoms with Gasteiger partial charge in [0.1, 0.15) is 11.2 Å². The number of hydrogen-bond donors (Lipinski definition) is 1. The molecule has 0 aliphatic heterocycles. The van der Waals surface area contributed by atoms with Crippen molar-refractivity contribution < 1.29 is 8.42 Å². The summed E-state index contributed by atoms with van der Waals surface area (Å²) in [6.45, 7) is 0.335. The van der Waals surface area contributed by atoms with Crippen LogP contribution in [0.3, 0.4) is 0 Å². The van der Waals surface area contributed by atoms with E-state index in [2.05, 4.69) is 14.8 Å². The molecule has 1 aromatic heterocycles. The quantitative estimate of drug-likeness (QED) is 0.568. The lowest BCUT2D eigenvalue weighted by Gasteiger charge is -2.08. The highest BCUT2D eigenvalue weighted by molar-refractivity contribution is 7.92. The van der Waals surface area contributed by atoms with Crippen molar-refractivity contribution in [3.8, 4) is 0 Å². The second-order valence-electron chi connectivity index (χ2n) is 5.16. The van der Waals surface area contributed by atoms with Crippen LogP contribution in [0.1, 0.15) is 5.56 Å². The Hall–Kier alpha value is -1.51. The first-order valence-electron chi connectivity index (χ1n) is 7.06. The first-order chi connectivity index (χ1) is 12.3. The van der Waals surface area contributed by atoms with Crippen molar-refractivity contribution in [3.05, 3.63) is 68.4 Å². The Morgan fingerprint density at radius 3 is 2.38 bits per heavy atom. The molecule has 6 nitrogen and oxygen atoms in total. The molecule has 26 heavy (non-hydrogen) atoms. The van der Waals surface area contributed by atoms with Crippen LogP contribution in [0.15, 0.2) is 47.6 Å². The van der Waals surface area contributed by atoms with Gasteiger partial charge in [-0.15, -0.1) is 5.10 Å². The fourth-order valence-corrected chi connectivity index (χ4v) is 4.25. The third kappa shape index (κ3) is 4.24. The molecule has 11 heteroatoms. The summed E-state index contributed by atoms with van der Waals surface area (Å²) in [5.41, 5.74) is 0.820. The molecule has 1 N–H and O–H groups in total. The van der Waals surface area contributed by atoms with Gasteiger partial charge in [0.15, 0.2) is 0 Å². The van der Waals surface area contributed by atoms with Gasteiger partial charge in [0.25, 0.3) is 16.0 Å². The Labute approximate surface area is 169 Å². The Balaban J connectivity index is 1.82. The van der Waals surface area contributed by atoms with E-state index in [1.165, 1.54) is 17.1 Å². The average molecular weight is 452 g/mol. The lowest BCUT2D eigenvalue weighted by molar-refractivity contribution is 0.600. The summed E-state index contributed by atoms with van der Waals surface area (Å²) in [6, 6.07) is 9.66. The highest BCUT2D eigenvalue weighted by Crippen LogP contribution is 2.32. The van der Waals surface area contributed by atoms with E-state index < -0.39 is 10.0 Å². The highest BCUT2D eigenvalue weighted by Gasteiger charge is 2.21. The van der Waals surface area contributed by atoms with E-state index in [4.69, 9.17) is 46.4 Å². The van der Waals surface area contributed by atoms with Crippen molar-refractivity contribution in [1.29, 1.82) is 0 Å². The fourth-order valence-electron chi connectivity index (χ4n) is 2.10. The van der Waals surface area contributed by atoms with Gasteiger partial charge in [-0.3, -0.25) is 0 Å². The first-order valence-corrected chi connectivity index (χ1v) is 10.1. The minimum absolute atomic E-state index is 0.0636. The number of halogens is 4. The molecule has 0 fully saturated rings. The average Bonchev–Trinajstić information content (AvgIpc) is 2.99. The minimum Gasteiger partial charge on any atom is -0.246 e. The van der Waals surface area contributed by atoms with E-state index in [-0.39, 0.29) is 25.9 Å². The number of nitrogens with one attached hydrogen (secondary N) is 1. The zero-order valence-electron chi connectivity index (χ0n) is 12.8. The molecule has 0 aliphatic carbocycles. The van der Waals surface area contributed by atoms with Crippen LogP contribution in [0.4, 0.5) is 5.95 Å². The SMILES string of the molecule is O=S(=O)(Nc1ncn(Cc2ccccc2Cl)n1)c1cc(Cl)c(Cl)cc1Cl. The lowest BCUT2D eigenvalue weighted by Crippen LogP contribution is -2.15. The Morgan fingerprint density at radius 2 is 1.65 bits per heavy atom. The molecule has 0 saturated heterocycles. The Morgan fingerprint density at radius 1 is 0.962 bits per heavy atom. The first kappa shape index (κ1) is 19.3. The second-order valence-corrected chi connectivity index (χ2v) is 8.44. The molecule has 0 bridgehead atoms. The maximum Gasteiger partial charge on any atom is 0.265 e. The van der Waals surface area contributed by atoms with Crippen LogP contribution in [0.5, 0.6) is 0 Å². The number of rotatable bonds is 5. The van der Waals surface area contributed by atoms with Crippen molar-refractivity contribution in [2.24, 2.45) is 0 Å². The molecule has 2 aromatic carbocycles. The van der Waals surface area contributed by atoms with Crippen LogP contribution in [0.25, 0.3) is 0 Å². The zero-order valence-corrected chi connectivity index (χ0v) is 16.7. The standard InChI is InChI=1S/C15H10Cl4N4O2S/c16-10-4-2-1-3-9(10)7-23-8-20-15(21-23)22-26(24,25)14-6-12(18)11(17)5-13(14)19/h1-6,8H,7H2,(H,21,22). The Kier molecular flexibility index (Phi) is 5.64.